The molecule has 2 amide bonds. The summed E-state index contributed by atoms with van der Waals surface area (Å²) in [6, 6.07) is 23.5. The van der Waals surface area contributed by atoms with Crippen LogP contribution in [0.15, 0.2) is 72.8 Å². The zero-order chi connectivity index (χ0) is 22.5. The van der Waals surface area contributed by atoms with Crippen LogP contribution in [-0.2, 0) is 6.61 Å². The standard InChI is InChI=1S/C27H19N3O3/c1-15-7-5-6-10-18(15)23-24-21(22-25(29-23)27(32)30-26(22)31)19-13-17(11-12-20(19)28-24)33-14-16-8-3-2-4-9-16/h2-13,28H,14H2,1H3,(H,30,31,32). The van der Waals surface area contributed by atoms with Gasteiger partial charge in [0.2, 0.25) is 0 Å². The Balaban J connectivity index is 1.58. The van der Waals surface area contributed by atoms with Crippen molar-refractivity contribution >= 4 is 33.6 Å². The number of rotatable bonds is 4. The van der Waals surface area contributed by atoms with Gasteiger partial charge in [-0.05, 0) is 36.2 Å². The topological polar surface area (TPSA) is 84.1 Å². The minimum Gasteiger partial charge on any atom is -0.489 e. The number of nitrogens with zero attached hydrogens (tertiary/aromatic N) is 1. The maximum Gasteiger partial charge on any atom is 0.277 e. The van der Waals surface area contributed by atoms with Crippen molar-refractivity contribution in [1.82, 2.24) is 15.3 Å². The fraction of sp³-hybridized carbons (Fsp3) is 0.0741. The Morgan fingerprint density at radius 3 is 2.48 bits per heavy atom. The summed E-state index contributed by atoms with van der Waals surface area (Å²) < 4.78 is 6.02. The van der Waals surface area contributed by atoms with Crippen LogP contribution in [0.3, 0.4) is 0 Å². The number of carbonyl (C=O) groups excluding carboxylic acids is 2. The Morgan fingerprint density at radius 2 is 1.67 bits per heavy atom. The Bertz CT molecular complexity index is 1590. The molecular weight excluding hydrogens is 414 g/mol. The predicted octanol–water partition coefficient (Wildman–Crippen LogP) is 5.15. The van der Waals surface area contributed by atoms with Gasteiger partial charge >= 0.3 is 0 Å². The average Bonchev–Trinajstić information content (AvgIpc) is 3.34. The van der Waals surface area contributed by atoms with E-state index in [2.05, 4.69) is 15.3 Å². The number of aromatic amines is 1. The van der Waals surface area contributed by atoms with E-state index in [0.717, 1.165) is 33.1 Å². The van der Waals surface area contributed by atoms with Crippen LogP contribution in [0.2, 0.25) is 0 Å². The van der Waals surface area contributed by atoms with Gasteiger partial charge in [0.25, 0.3) is 11.8 Å². The van der Waals surface area contributed by atoms with Crippen molar-refractivity contribution in [3.8, 4) is 17.0 Å². The van der Waals surface area contributed by atoms with Crippen molar-refractivity contribution in [3.05, 3.63) is 95.2 Å². The summed E-state index contributed by atoms with van der Waals surface area (Å²) in [5.41, 5.74) is 5.67. The number of aromatic nitrogens is 2. The Labute approximate surface area is 189 Å². The van der Waals surface area contributed by atoms with Crippen LogP contribution in [0, 0.1) is 6.92 Å². The molecule has 6 rings (SSSR count). The molecule has 1 aliphatic heterocycles. The van der Waals surface area contributed by atoms with Crippen molar-refractivity contribution in [2.24, 2.45) is 0 Å². The van der Waals surface area contributed by atoms with Gasteiger partial charge in [0.05, 0.1) is 16.8 Å². The second-order valence-corrected chi connectivity index (χ2v) is 8.14. The number of H-pyrrole nitrogens is 1. The molecule has 6 nitrogen and oxygen atoms in total. The lowest BCUT2D eigenvalue weighted by atomic mass is 9.99. The Hall–Kier alpha value is -4.45. The number of aryl methyl sites for hydroxylation is 1. The molecule has 0 saturated carbocycles. The number of pyridine rings is 1. The van der Waals surface area contributed by atoms with E-state index < -0.39 is 11.8 Å². The molecule has 2 aromatic heterocycles. The van der Waals surface area contributed by atoms with Gasteiger partial charge in [0.15, 0.2) is 0 Å². The molecular formula is C27H19N3O3. The number of amides is 2. The highest BCUT2D eigenvalue weighted by atomic mass is 16.5. The van der Waals surface area contributed by atoms with E-state index in [4.69, 9.17) is 4.74 Å². The summed E-state index contributed by atoms with van der Waals surface area (Å²) in [7, 11) is 0. The highest BCUT2D eigenvalue weighted by Gasteiger charge is 2.34. The van der Waals surface area contributed by atoms with Gasteiger partial charge in [-0.15, -0.1) is 0 Å². The van der Waals surface area contributed by atoms with Crippen LogP contribution >= 0.6 is 0 Å². The molecule has 6 heteroatoms. The number of nitrogens with one attached hydrogen (secondary N) is 2. The molecule has 0 unspecified atom stereocenters. The third-order valence-electron chi connectivity index (χ3n) is 6.03. The lowest BCUT2D eigenvalue weighted by Gasteiger charge is -2.09. The average molecular weight is 433 g/mol. The van der Waals surface area contributed by atoms with Crippen molar-refractivity contribution < 1.29 is 14.3 Å². The molecule has 0 radical (unpaired) electrons. The van der Waals surface area contributed by atoms with Crippen molar-refractivity contribution in [3.63, 3.8) is 0 Å². The SMILES string of the molecule is Cc1ccccc1-c1nc2c(c3c1[nH]c1ccc(OCc4ccccc4)cc13)C(=O)NC2=O. The highest BCUT2D eigenvalue weighted by molar-refractivity contribution is 6.30. The normalized spacial score (nSPS) is 12.9. The molecule has 0 saturated heterocycles. The molecule has 5 aromatic rings. The van der Waals surface area contributed by atoms with Gasteiger partial charge in [-0.3, -0.25) is 14.9 Å². The number of ether oxygens (including phenoxy) is 1. The second kappa shape index (κ2) is 7.31. The lowest BCUT2D eigenvalue weighted by Crippen LogP contribution is -2.20. The first-order chi connectivity index (χ1) is 16.1. The van der Waals surface area contributed by atoms with E-state index >= 15 is 0 Å². The van der Waals surface area contributed by atoms with Crippen molar-refractivity contribution in [2.75, 3.05) is 0 Å². The maximum atomic E-state index is 12.7. The number of benzene rings is 3. The summed E-state index contributed by atoms with van der Waals surface area (Å²) in [6.07, 6.45) is 0. The quantitative estimate of drug-likeness (QED) is 0.384. The first kappa shape index (κ1) is 19.3. The molecule has 0 atom stereocenters. The van der Waals surface area contributed by atoms with E-state index in [9.17, 15) is 9.59 Å². The molecule has 0 aliphatic carbocycles. The van der Waals surface area contributed by atoms with E-state index in [0.29, 0.717) is 29.0 Å². The molecule has 1 aliphatic rings. The summed E-state index contributed by atoms with van der Waals surface area (Å²) in [4.78, 5) is 33.3. The van der Waals surface area contributed by atoms with Crippen molar-refractivity contribution in [2.45, 2.75) is 13.5 Å². The minimum absolute atomic E-state index is 0.155. The van der Waals surface area contributed by atoms with Crippen LogP contribution in [0.1, 0.15) is 32.0 Å². The number of fused-ring (bicyclic) bond motifs is 5. The Kier molecular flexibility index (Phi) is 4.26. The largest absolute Gasteiger partial charge is 0.489 e. The number of hydrogen-bond acceptors (Lipinski definition) is 4. The van der Waals surface area contributed by atoms with E-state index in [1.165, 1.54) is 0 Å². The van der Waals surface area contributed by atoms with Crippen LogP contribution in [-0.4, -0.2) is 21.8 Å². The maximum absolute atomic E-state index is 12.7. The van der Waals surface area contributed by atoms with Gasteiger partial charge in [-0.1, -0.05) is 54.6 Å². The predicted molar refractivity (Wildman–Crippen MR) is 126 cm³/mol. The summed E-state index contributed by atoms with van der Waals surface area (Å²) in [6.45, 7) is 2.43. The molecule has 0 bridgehead atoms. The van der Waals surface area contributed by atoms with Crippen molar-refractivity contribution in [1.29, 1.82) is 0 Å². The first-order valence-electron chi connectivity index (χ1n) is 10.7. The zero-order valence-electron chi connectivity index (χ0n) is 17.8. The molecule has 0 fully saturated rings. The third-order valence-corrected chi connectivity index (χ3v) is 6.03. The van der Waals surface area contributed by atoms with E-state index in [1.807, 2.05) is 79.7 Å². The molecule has 160 valence electrons. The van der Waals surface area contributed by atoms with Gasteiger partial charge in [0, 0.05) is 21.9 Å². The monoisotopic (exact) mass is 433 g/mol. The number of imide groups is 1. The number of hydrogen-bond donors (Lipinski definition) is 2. The highest BCUT2D eigenvalue weighted by Crippen LogP contribution is 2.39. The van der Waals surface area contributed by atoms with Gasteiger partial charge in [0.1, 0.15) is 18.1 Å². The van der Waals surface area contributed by atoms with Crippen LogP contribution in [0.5, 0.6) is 5.75 Å². The molecule has 2 N–H and O–H groups in total. The lowest BCUT2D eigenvalue weighted by molar-refractivity contribution is 0.0878. The van der Waals surface area contributed by atoms with Crippen LogP contribution in [0.4, 0.5) is 0 Å². The zero-order valence-corrected chi connectivity index (χ0v) is 17.8. The molecule has 3 aromatic carbocycles. The van der Waals surface area contributed by atoms with Gasteiger partial charge in [-0.25, -0.2) is 4.98 Å². The summed E-state index contributed by atoms with van der Waals surface area (Å²) >= 11 is 0. The fourth-order valence-electron chi connectivity index (χ4n) is 4.42. The molecule has 0 spiro atoms. The fourth-order valence-corrected chi connectivity index (χ4v) is 4.42. The summed E-state index contributed by atoms with van der Waals surface area (Å²) in [5.74, 6) is -0.224. The van der Waals surface area contributed by atoms with Gasteiger partial charge in [-0.2, -0.15) is 0 Å². The number of carbonyl (C=O) groups is 2. The van der Waals surface area contributed by atoms with E-state index in [1.54, 1.807) is 0 Å². The smallest absolute Gasteiger partial charge is 0.277 e. The second-order valence-electron chi connectivity index (χ2n) is 8.14. The molecule has 33 heavy (non-hydrogen) atoms. The molecule has 3 heterocycles. The van der Waals surface area contributed by atoms with E-state index in [-0.39, 0.29) is 5.69 Å². The summed E-state index contributed by atoms with van der Waals surface area (Å²) in [5, 5.41) is 3.89. The van der Waals surface area contributed by atoms with Crippen LogP contribution in [0.25, 0.3) is 33.1 Å². The van der Waals surface area contributed by atoms with Crippen LogP contribution < -0.4 is 10.1 Å². The first-order valence-corrected chi connectivity index (χ1v) is 10.7. The third kappa shape index (κ3) is 3.07. The minimum atomic E-state index is -0.474. The Morgan fingerprint density at radius 1 is 0.879 bits per heavy atom. The van der Waals surface area contributed by atoms with Gasteiger partial charge < -0.3 is 9.72 Å².